The van der Waals surface area contributed by atoms with Gasteiger partial charge in [-0.2, -0.15) is 23.3 Å². The van der Waals surface area contributed by atoms with Crippen molar-refractivity contribution in [1.29, 1.82) is 0 Å². The van der Waals surface area contributed by atoms with E-state index in [2.05, 4.69) is 30.8 Å². The maximum Gasteiger partial charge on any atom is 0.421 e. The molecule has 0 spiro atoms. The van der Waals surface area contributed by atoms with E-state index in [0.29, 0.717) is 42.9 Å². The van der Waals surface area contributed by atoms with E-state index in [9.17, 15) is 18.0 Å². The van der Waals surface area contributed by atoms with Crippen LogP contribution in [0.3, 0.4) is 0 Å². The van der Waals surface area contributed by atoms with E-state index in [4.69, 9.17) is 4.74 Å². The molecule has 0 saturated carbocycles. The summed E-state index contributed by atoms with van der Waals surface area (Å²) in [7, 11) is 1.36. The predicted octanol–water partition coefficient (Wildman–Crippen LogP) is 3.03. The molecule has 9 nitrogen and oxygen atoms in total. The Morgan fingerprint density at radius 1 is 1.25 bits per heavy atom. The standard InChI is InChI=1S/C20H20F3N7O2/c1-24-18-14(20(21,22)23)11-25-19(28-18)27-15-4-2-12(17-13(15)10-26-29-17)3-5-16(31)30-6-8-32-9-7-30/h2-5,10-11H,6-9H2,1H3,(H,26,29)(H2,24,25,27,28)/b5-3+. The highest BCUT2D eigenvalue weighted by Crippen LogP contribution is 2.34. The average molecular weight is 447 g/mol. The van der Waals surface area contributed by atoms with Gasteiger partial charge in [-0.05, 0) is 12.1 Å². The molecule has 3 N–H and O–H groups in total. The van der Waals surface area contributed by atoms with Crippen LogP contribution in [0.2, 0.25) is 0 Å². The maximum atomic E-state index is 13.1. The number of fused-ring (bicyclic) bond motifs is 1. The number of anilines is 3. The van der Waals surface area contributed by atoms with E-state index in [1.54, 1.807) is 29.3 Å². The smallest absolute Gasteiger partial charge is 0.378 e. The first-order valence-electron chi connectivity index (χ1n) is 9.76. The van der Waals surface area contributed by atoms with Crippen molar-refractivity contribution in [1.82, 2.24) is 25.1 Å². The lowest BCUT2D eigenvalue weighted by atomic mass is 10.1. The number of nitrogens with zero attached hydrogens (tertiary/aromatic N) is 4. The monoisotopic (exact) mass is 447 g/mol. The first kappa shape index (κ1) is 21.6. The summed E-state index contributed by atoms with van der Waals surface area (Å²) >= 11 is 0. The average Bonchev–Trinajstić information content (AvgIpc) is 3.29. The number of carbonyl (C=O) groups excluding carboxylic acids is 1. The highest BCUT2D eigenvalue weighted by molar-refractivity contribution is 6.00. The van der Waals surface area contributed by atoms with E-state index >= 15 is 0 Å². The maximum absolute atomic E-state index is 13.1. The number of rotatable bonds is 5. The van der Waals surface area contributed by atoms with E-state index in [0.717, 1.165) is 11.8 Å². The summed E-state index contributed by atoms with van der Waals surface area (Å²) in [5.74, 6) is -0.448. The number of morpholine rings is 1. The molecule has 1 aromatic carbocycles. The molecule has 1 amide bonds. The number of halogens is 3. The zero-order valence-corrected chi connectivity index (χ0v) is 17.0. The van der Waals surface area contributed by atoms with Crippen molar-refractivity contribution in [3.05, 3.63) is 41.7 Å². The van der Waals surface area contributed by atoms with E-state index in [1.807, 2.05) is 0 Å². The van der Waals surface area contributed by atoms with Crippen LogP contribution < -0.4 is 10.6 Å². The molecule has 1 saturated heterocycles. The first-order valence-corrected chi connectivity index (χ1v) is 9.76. The van der Waals surface area contributed by atoms with Crippen molar-refractivity contribution in [3.8, 4) is 0 Å². The second-order valence-electron chi connectivity index (χ2n) is 6.96. The van der Waals surface area contributed by atoms with E-state index in [1.165, 1.54) is 13.1 Å². The van der Waals surface area contributed by atoms with Crippen LogP contribution >= 0.6 is 0 Å². The molecule has 3 aromatic rings. The minimum absolute atomic E-state index is 0.00404. The molecule has 0 aliphatic carbocycles. The van der Waals surface area contributed by atoms with Gasteiger partial charge < -0.3 is 20.3 Å². The lowest BCUT2D eigenvalue weighted by molar-refractivity contribution is -0.137. The molecular formula is C20H20F3N7O2. The Bertz CT molecular complexity index is 1150. The van der Waals surface area contributed by atoms with Gasteiger partial charge in [0.05, 0.1) is 30.6 Å². The van der Waals surface area contributed by atoms with Crippen molar-refractivity contribution < 1.29 is 22.7 Å². The summed E-state index contributed by atoms with van der Waals surface area (Å²) < 4.78 is 44.4. The molecule has 4 rings (SSSR count). The van der Waals surface area contributed by atoms with E-state index < -0.39 is 11.7 Å². The van der Waals surface area contributed by atoms with Crippen LogP contribution in [-0.2, 0) is 15.7 Å². The zero-order chi connectivity index (χ0) is 22.7. The quantitative estimate of drug-likeness (QED) is 0.516. The molecule has 0 atom stereocenters. The van der Waals surface area contributed by atoms with Gasteiger partial charge in [0.2, 0.25) is 11.9 Å². The van der Waals surface area contributed by atoms with Gasteiger partial charge in [0.1, 0.15) is 11.4 Å². The lowest BCUT2D eigenvalue weighted by Gasteiger charge is -2.25. The van der Waals surface area contributed by atoms with Crippen LogP contribution in [0.1, 0.15) is 11.1 Å². The molecular weight excluding hydrogens is 427 g/mol. The number of hydrogen-bond donors (Lipinski definition) is 3. The minimum Gasteiger partial charge on any atom is -0.378 e. The van der Waals surface area contributed by atoms with Gasteiger partial charge >= 0.3 is 6.18 Å². The number of H-pyrrole nitrogens is 1. The summed E-state index contributed by atoms with van der Waals surface area (Å²) in [5, 5.41) is 13.0. The lowest BCUT2D eigenvalue weighted by Crippen LogP contribution is -2.39. The molecule has 32 heavy (non-hydrogen) atoms. The molecule has 1 aliphatic rings. The van der Waals surface area contributed by atoms with Crippen LogP contribution in [0.5, 0.6) is 0 Å². The van der Waals surface area contributed by atoms with Crippen molar-refractivity contribution in [2.24, 2.45) is 0 Å². The number of hydrogen-bond acceptors (Lipinski definition) is 7. The van der Waals surface area contributed by atoms with E-state index in [-0.39, 0.29) is 17.7 Å². The molecule has 1 aliphatic heterocycles. The summed E-state index contributed by atoms with van der Waals surface area (Å²) in [6.45, 7) is 2.14. The number of aromatic nitrogens is 4. The van der Waals surface area contributed by atoms with Crippen molar-refractivity contribution in [2.75, 3.05) is 44.0 Å². The number of amides is 1. The number of alkyl halides is 3. The van der Waals surface area contributed by atoms with Gasteiger partial charge in [0, 0.05) is 43.4 Å². The SMILES string of the molecule is CNc1nc(Nc2ccc(/C=C/C(=O)N3CCOCC3)c3[nH]ncc23)ncc1C(F)(F)F. The number of nitrogens with one attached hydrogen (secondary N) is 3. The Hall–Kier alpha value is -3.67. The third-order valence-corrected chi connectivity index (χ3v) is 4.95. The van der Waals surface area contributed by atoms with Crippen molar-refractivity contribution in [3.63, 3.8) is 0 Å². The fraction of sp³-hybridized carbons (Fsp3) is 0.300. The molecule has 168 valence electrons. The Morgan fingerprint density at radius 2 is 2.03 bits per heavy atom. The summed E-state index contributed by atoms with van der Waals surface area (Å²) in [4.78, 5) is 21.8. The molecule has 0 radical (unpaired) electrons. The molecule has 12 heteroatoms. The fourth-order valence-electron chi connectivity index (χ4n) is 3.32. The third-order valence-electron chi connectivity index (χ3n) is 4.95. The molecule has 2 aromatic heterocycles. The first-order chi connectivity index (χ1) is 15.4. The minimum atomic E-state index is -4.57. The second-order valence-corrected chi connectivity index (χ2v) is 6.96. The number of aromatic amines is 1. The molecule has 3 heterocycles. The number of carbonyl (C=O) groups is 1. The van der Waals surface area contributed by atoms with Gasteiger partial charge in [-0.3, -0.25) is 9.89 Å². The topological polar surface area (TPSA) is 108 Å². The van der Waals surface area contributed by atoms with Crippen LogP contribution in [0.25, 0.3) is 17.0 Å². The second kappa shape index (κ2) is 8.83. The van der Waals surface area contributed by atoms with Crippen LogP contribution in [0.15, 0.2) is 30.6 Å². The van der Waals surface area contributed by atoms with Gasteiger partial charge in [0.25, 0.3) is 0 Å². The molecule has 1 fully saturated rings. The van der Waals surface area contributed by atoms with Gasteiger partial charge in [0.15, 0.2) is 0 Å². The largest absolute Gasteiger partial charge is 0.421 e. The number of benzene rings is 1. The Kier molecular flexibility index (Phi) is 5.95. The fourth-order valence-corrected chi connectivity index (χ4v) is 3.32. The third kappa shape index (κ3) is 4.49. The number of ether oxygens (including phenoxy) is 1. The summed E-state index contributed by atoms with van der Waals surface area (Å²) in [6.07, 6.45) is 0.910. The van der Waals surface area contributed by atoms with Crippen LogP contribution in [0, 0.1) is 0 Å². The van der Waals surface area contributed by atoms with Crippen molar-refractivity contribution in [2.45, 2.75) is 6.18 Å². The summed E-state index contributed by atoms with van der Waals surface area (Å²) in [6, 6.07) is 3.48. The highest BCUT2D eigenvalue weighted by atomic mass is 19.4. The molecule has 0 bridgehead atoms. The summed E-state index contributed by atoms with van der Waals surface area (Å²) in [5.41, 5.74) is 0.979. The van der Waals surface area contributed by atoms with Gasteiger partial charge in [-0.25, -0.2) is 4.98 Å². The normalized spacial score (nSPS) is 14.8. The zero-order valence-electron chi connectivity index (χ0n) is 17.0. The predicted molar refractivity (Wildman–Crippen MR) is 112 cm³/mol. The van der Waals surface area contributed by atoms with Gasteiger partial charge in [-0.1, -0.05) is 6.07 Å². The van der Waals surface area contributed by atoms with Crippen molar-refractivity contribution >= 4 is 40.3 Å². The van der Waals surface area contributed by atoms with Gasteiger partial charge in [-0.15, -0.1) is 0 Å². The Morgan fingerprint density at radius 3 is 2.75 bits per heavy atom. The van der Waals surface area contributed by atoms with Crippen LogP contribution in [-0.4, -0.2) is 64.3 Å². The Balaban J connectivity index is 1.57. The highest BCUT2D eigenvalue weighted by Gasteiger charge is 2.35. The Labute approximate surface area is 180 Å². The van der Waals surface area contributed by atoms with Crippen LogP contribution in [0.4, 0.5) is 30.6 Å². The molecule has 0 unspecified atom stereocenters.